The second-order valence-electron chi connectivity index (χ2n) is 8.52. The first-order valence-corrected chi connectivity index (χ1v) is 11.0. The molecule has 1 amide bonds. The Morgan fingerprint density at radius 2 is 2.00 bits per heavy atom. The summed E-state index contributed by atoms with van der Waals surface area (Å²) in [4.78, 5) is 31.6. The Kier molecular flexibility index (Phi) is 5.42. The zero-order chi connectivity index (χ0) is 21.6. The summed E-state index contributed by atoms with van der Waals surface area (Å²) in [6, 6.07) is 1.71. The molecule has 1 atom stereocenters. The quantitative estimate of drug-likeness (QED) is 0.787. The van der Waals surface area contributed by atoms with Crippen molar-refractivity contribution in [3.05, 3.63) is 28.1 Å². The molecule has 1 N–H and O–H groups in total. The normalized spacial score (nSPS) is 24.1. The minimum atomic E-state index is -4.37. The maximum Gasteiger partial charge on any atom is 0.389 e. The Morgan fingerprint density at radius 3 is 2.70 bits per heavy atom. The van der Waals surface area contributed by atoms with Gasteiger partial charge in [-0.3, -0.25) is 14.2 Å². The lowest BCUT2D eigenvalue weighted by atomic mass is 9.65. The van der Waals surface area contributed by atoms with Gasteiger partial charge in [0.2, 0.25) is 5.91 Å². The highest BCUT2D eigenvalue weighted by Gasteiger charge is 2.55. The number of rotatable bonds is 4. The van der Waals surface area contributed by atoms with Gasteiger partial charge in [-0.2, -0.15) is 13.2 Å². The van der Waals surface area contributed by atoms with Crippen molar-refractivity contribution < 1.29 is 23.1 Å². The third kappa shape index (κ3) is 3.87. The smallest absolute Gasteiger partial charge is 0.387 e. The van der Waals surface area contributed by atoms with Crippen molar-refractivity contribution in [3.8, 4) is 0 Å². The number of fused-ring (bicyclic) bond motifs is 1. The molecule has 6 nitrogen and oxygen atoms in total. The lowest BCUT2D eigenvalue weighted by Gasteiger charge is -2.52. The van der Waals surface area contributed by atoms with Crippen LogP contribution in [0.2, 0.25) is 0 Å². The van der Waals surface area contributed by atoms with Gasteiger partial charge in [0.25, 0.3) is 5.56 Å². The van der Waals surface area contributed by atoms with Crippen LogP contribution in [-0.4, -0.2) is 50.3 Å². The van der Waals surface area contributed by atoms with Crippen LogP contribution in [0.3, 0.4) is 0 Å². The lowest BCUT2D eigenvalue weighted by Crippen LogP contribution is -2.62. The van der Waals surface area contributed by atoms with E-state index in [1.165, 1.54) is 27.1 Å². The first-order valence-electron chi connectivity index (χ1n) is 10.1. The van der Waals surface area contributed by atoms with Crippen LogP contribution in [0.15, 0.2) is 22.6 Å². The Morgan fingerprint density at radius 1 is 1.27 bits per heavy atom. The second kappa shape index (κ2) is 7.64. The maximum absolute atomic E-state index is 12.8. The molecule has 2 fully saturated rings. The Balaban J connectivity index is 1.56. The van der Waals surface area contributed by atoms with E-state index >= 15 is 0 Å². The van der Waals surface area contributed by atoms with E-state index in [9.17, 15) is 27.9 Å². The Hall–Kier alpha value is -1.94. The third-order valence-corrected chi connectivity index (χ3v) is 7.51. The highest BCUT2D eigenvalue weighted by Crippen LogP contribution is 2.51. The summed E-state index contributed by atoms with van der Waals surface area (Å²) in [5.74, 6) is -0.529. The van der Waals surface area contributed by atoms with E-state index in [-0.39, 0.29) is 31.6 Å². The van der Waals surface area contributed by atoms with E-state index in [2.05, 4.69) is 4.98 Å². The van der Waals surface area contributed by atoms with Gasteiger partial charge in [0.05, 0.1) is 30.3 Å². The predicted octanol–water partition coefficient (Wildman–Crippen LogP) is 3.32. The van der Waals surface area contributed by atoms with E-state index in [1.54, 1.807) is 11.4 Å². The number of hydrogen-bond acceptors (Lipinski definition) is 5. The molecule has 3 heterocycles. The van der Waals surface area contributed by atoms with Gasteiger partial charge in [-0.25, -0.2) is 4.98 Å². The van der Waals surface area contributed by atoms with Gasteiger partial charge in [0.1, 0.15) is 4.83 Å². The van der Waals surface area contributed by atoms with Crippen LogP contribution in [-0.2, 0) is 11.3 Å². The Labute approximate surface area is 175 Å². The van der Waals surface area contributed by atoms with Crippen LogP contribution in [0.25, 0.3) is 10.2 Å². The molecule has 1 saturated carbocycles. The molecule has 0 aromatic carbocycles. The van der Waals surface area contributed by atoms with Crippen molar-refractivity contribution in [2.75, 3.05) is 13.1 Å². The number of thiophene rings is 1. The Bertz CT molecular complexity index is 996. The fourth-order valence-corrected chi connectivity index (χ4v) is 5.73. The minimum absolute atomic E-state index is 0.0647. The zero-order valence-electron chi connectivity index (χ0n) is 16.5. The number of nitrogens with zero attached hydrogens (tertiary/aromatic N) is 3. The lowest BCUT2D eigenvalue weighted by molar-refractivity contribution is -0.166. The number of aromatic nitrogens is 2. The molecule has 0 radical (unpaired) electrons. The molecule has 4 rings (SSSR count). The van der Waals surface area contributed by atoms with Crippen molar-refractivity contribution in [1.29, 1.82) is 0 Å². The van der Waals surface area contributed by atoms with Crippen molar-refractivity contribution in [1.82, 2.24) is 14.5 Å². The molecule has 1 saturated heterocycles. The summed E-state index contributed by atoms with van der Waals surface area (Å²) in [5.41, 5.74) is -2.06. The van der Waals surface area contributed by atoms with Crippen molar-refractivity contribution in [2.24, 2.45) is 5.41 Å². The summed E-state index contributed by atoms with van der Waals surface area (Å²) in [7, 11) is 0. The molecule has 1 spiro atoms. The van der Waals surface area contributed by atoms with Crippen molar-refractivity contribution in [2.45, 2.75) is 63.3 Å². The zero-order valence-corrected chi connectivity index (χ0v) is 17.3. The topological polar surface area (TPSA) is 75.4 Å². The number of aliphatic hydroxyl groups is 1. The van der Waals surface area contributed by atoms with Crippen LogP contribution < -0.4 is 5.56 Å². The van der Waals surface area contributed by atoms with Crippen LogP contribution in [0.5, 0.6) is 0 Å². The second-order valence-corrected chi connectivity index (χ2v) is 9.41. The fraction of sp³-hybridized carbons (Fsp3) is 0.650. The summed E-state index contributed by atoms with van der Waals surface area (Å²) in [6.45, 7) is 0.468. The van der Waals surface area contributed by atoms with Gasteiger partial charge in [-0.1, -0.05) is 12.8 Å². The van der Waals surface area contributed by atoms with Gasteiger partial charge in [0, 0.05) is 24.9 Å². The number of carbonyl (C=O) groups excluding carboxylic acids is 1. The molecule has 2 aromatic heterocycles. The molecule has 0 bridgehead atoms. The highest BCUT2D eigenvalue weighted by atomic mass is 32.1. The number of likely N-dealkylation sites (tertiary alicyclic amines) is 1. The first kappa shape index (κ1) is 21.3. The van der Waals surface area contributed by atoms with Crippen LogP contribution >= 0.6 is 11.3 Å². The summed E-state index contributed by atoms with van der Waals surface area (Å²) < 4.78 is 39.0. The number of amides is 1. The fourth-order valence-electron chi connectivity index (χ4n) is 5.01. The van der Waals surface area contributed by atoms with Crippen molar-refractivity contribution in [3.63, 3.8) is 0 Å². The molecule has 2 aromatic rings. The third-order valence-electron chi connectivity index (χ3n) is 6.69. The maximum atomic E-state index is 12.8. The molecular formula is C20H24F3N3O3S. The van der Waals surface area contributed by atoms with Gasteiger partial charge < -0.3 is 10.0 Å². The van der Waals surface area contributed by atoms with Crippen LogP contribution in [0, 0.1) is 5.41 Å². The van der Waals surface area contributed by atoms with Crippen molar-refractivity contribution >= 4 is 27.5 Å². The van der Waals surface area contributed by atoms with E-state index in [0.717, 1.165) is 12.8 Å². The molecule has 1 aliphatic heterocycles. The monoisotopic (exact) mass is 443 g/mol. The summed E-state index contributed by atoms with van der Waals surface area (Å²) in [6.07, 6.45) is -1.30. The molecular weight excluding hydrogens is 419 g/mol. The van der Waals surface area contributed by atoms with Crippen LogP contribution in [0.4, 0.5) is 13.2 Å². The van der Waals surface area contributed by atoms with Crippen LogP contribution in [0.1, 0.15) is 44.9 Å². The molecule has 30 heavy (non-hydrogen) atoms. The first-order chi connectivity index (χ1) is 14.1. The highest BCUT2D eigenvalue weighted by molar-refractivity contribution is 7.16. The summed E-state index contributed by atoms with van der Waals surface area (Å²) >= 11 is 1.37. The number of hydrogen-bond donors (Lipinski definition) is 1. The van der Waals surface area contributed by atoms with Gasteiger partial charge >= 0.3 is 6.18 Å². The van der Waals surface area contributed by atoms with E-state index in [4.69, 9.17) is 0 Å². The van der Waals surface area contributed by atoms with E-state index in [1.807, 2.05) is 0 Å². The molecule has 164 valence electrons. The molecule has 10 heteroatoms. The van der Waals surface area contributed by atoms with Gasteiger partial charge in [-0.05, 0) is 30.7 Å². The molecule has 1 aliphatic carbocycles. The van der Waals surface area contributed by atoms with Gasteiger partial charge in [-0.15, -0.1) is 11.3 Å². The predicted molar refractivity (Wildman–Crippen MR) is 106 cm³/mol. The average molecular weight is 443 g/mol. The molecule has 1 unspecified atom stereocenters. The van der Waals surface area contributed by atoms with E-state index < -0.39 is 35.9 Å². The summed E-state index contributed by atoms with van der Waals surface area (Å²) in [5, 5.41) is 14.0. The standard InChI is InChI=1S/C20H24F3N3O3S/c21-20(22,23)7-3-15(27)25-9-8-19(29,18(11-25)5-1-2-6-18)12-26-13-24-16-14(17(26)28)4-10-30-16/h4,10,13,29H,1-3,5-9,11-12H2. The van der Waals surface area contributed by atoms with Gasteiger partial charge in [0.15, 0.2) is 0 Å². The number of piperidine rings is 1. The minimum Gasteiger partial charge on any atom is -0.387 e. The number of carbonyl (C=O) groups is 1. The van der Waals surface area contributed by atoms with E-state index in [0.29, 0.717) is 23.1 Å². The average Bonchev–Trinajstić information content (AvgIpc) is 3.35. The number of halogens is 3. The number of alkyl halides is 3. The molecule has 2 aliphatic rings. The largest absolute Gasteiger partial charge is 0.389 e. The SMILES string of the molecule is O=C(CCC(F)(F)F)N1CCC(O)(Cn2cnc3sccc3c2=O)C2(CCCC2)C1.